The van der Waals surface area contributed by atoms with Gasteiger partial charge in [-0.1, -0.05) is 30.3 Å². The van der Waals surface area contributed by atoms with E-state index < -0.39 is 5.97 Å². The van der Waals surface area contributed by atoms with Gasteiger partial charge in [-0.25, -0.2) is 9.48 Å². The number of esters is 1. The Morgan fingerprint density at radius 2 is 2.04 bits per heavy atom. The Labute approximate surface area is 133 Å². The van der Waals surface area contributed by atoms with E-state index in [2.05, 4.69) is 9.84 Å². The van der Waals surface area contributed by atoms with Crippen molar-refractivity contribution in [3.63, 3.8) is 0 Å². The van der Waals surface area contributed by atoms with Gasteiger partial charge in [0.1, 0.15) is 0 Å². The standard InChI is InChI=1S/C17H20N2O4/c1-3-23-10-9-14-15(11-16(20)22-2)18-19(17(14)21)12-13-7-5-4-6-8-13/h4-9,11,18H,3,10,12H2,1-2H3. The lowest BCUT2D eigenvalue weighted by Crippen LogP contribution is -2.36. The second-order valence-electron chi connectivity index (χ2n) is 4.85. The highest BCUT2D eigenvalue weighted by molar-refractivity contribution is 5.99. The van der Waals surface area contributed by atoms with Crippen LogP contribution in [0.1, 0.15) is 12.5 Å². The molecule has 0 radical (unpaired) electrons. The maximum absolute atomic E-state index is 12.5. The van der Waals surface area contributed by atoms with E-state index in [0.29, 0.717) is 30.3 Å². The van der Waals surface area contributed by atoms with Crippen molar-refractivity contribution in [2.75, 3.05) is 20.3 Å². The Kier molecular flexibility index (Phi) is 5.94. The smallest absolute Gasteiger partial charge is 0.332 e. The number of H-pyrrole nitrogens is 1. The normalized spacial score (nSPS) is 12.6. The third-order valence-electron chi connectivity index (χ3n) is 3.28. The third-order valence-corrected chi connectivity index (χ3v) is 3.28. The monoisotopic (exact) mass is 316 g/mol. The van der Waals surface area contributed by atoms with Crippen molar-refractivity contribution >= 4 is 18.1 Å². The van der Waals surface area contributed by atoms with E-state index in [9.17, 15) is 9.59 Å². The average molecular weight is 316 g/mol. The number of aromatic nitrogens is 2. The van der Waals surface area contributed by atoms with Crippen molar-refractivity contribution in [2.24, 2.45) is 0 Å². The molecule has 0 spiro atoms. The molecule has 1 aromatic heterocycles. The van der Waals surface area contributed by atoms with Crippen LogP contribution in [-0.4, -0.2) is 36.1 Å². The molecule has 1 N–H and O–H groups in total. The summed E-state index contributed by atoms with van der Waals surface area (Å²) in [6.45, 7) is 3.12. The molecule has 2 rings (SSSR count). The van der Waals surface area contributed by atoms with E-state index in [4.69, 9.17) is 4.74 Å². The first-order valence-corrected chi connectivity index (χ1v) is 7.36. The van der Waals surface area contributed by atoms with Crippen LogP contribution in [0.2, 0.25) is 0 Å². The van der Waals surface area contributed by atoms with Gasteiger partial charge in [0, 0.05) is 12.7 Å². The van der Waals surface area contributed by atoms with E-state index in [-0.39, 0.29) is 5.56 Å². The van der Waals surface area contributed by atoms with Crippen LogP contribution in [0.15, 0.2) is 35.1 Å². The van der Waals surface area contributed by atoms with Crippen molar-refractivity contribution in [1.82, 2.24) is 9.78 Å². The number of aromatic amines is 1. The van der Waals surface area contributed by atoms with Crippen LogP contribution in [0.4, 0.5) is 0 Å². The van der Waals surface area contributed by atoms with Gasteiger partial charge in [0.15, 0.2) is 0 Å². The largest absolute Gasteiger partial charge is 0.466 e. The highest BCUT2D eigenvalue weighted by atomic mass is 16.5. The van der Waals surface area contributed by atoms with Gasteiger partial charge in [-0.05, 0) is 18.6 Å². The van der Waals surface area contributed by atoms with E-state index in [1.54, 1.807) is 6.08 Å². The highest BCUT2D eigenvalue weighted by Gasteiger charge is 2.05. The lowest BCUT2D eigenvalue weighted by molar-refractivity contribution is -0.133. The molecule has 1 heterocycles. The fourth-order valence-corrected chi connectivity index (χ4v) is 2.14. The van der Waals surface area contributed by atoms with Crippen molar-refractivity contribution in [3.8, 4) is 0 Å². The molecule has 1 aromatic carbocycles. The summed E-state index contributed by atoms with van der Waals surface area (Å²) in [6, 6.07) is 9.60. The fraction of sp³-hybridized carbons (Fsp3) is 0.294. The minimum Gasteiger partial charge on any atom is -0.466 e. The summed E-state index contributed by atoms with van der Waals surface area (Å²) in [5.74, 6) is -0.524. The van der Waals surface area contributed by atoms with Crippen molar-refractivity contribution in [2.45, 2.75) is 13.5 Å². The van der Waals surface area contributed by atoms with Crippen LogP contribution in [0.5, 0.6) is 0 Å². The lowest BCUT2D eigenvalue weighted by atomic mass is 10.2. The number of methoxy groups -OCH3 is 1. The van der Waals surface area contributed by atoms with Gasteiger partial charge in [-0.2, -0.15) is 0 Å². The summed E-state index contributed by atoms with van der Waals surface area (Å²) >= 11 is 0. The first-order valence-electron chi connectivity index (χ1n) is 7.36. The average Bonchev–Trinajstić information content (AvgIpc) is 2.84. The summed E-state index contributed by atoms with van der Waals surface area (Å²) in [7, 11) is 1.29. The molecule has 122 valence electrons. The molecular weight excluding hydrogens is 296 g/mol. The molecule has 0 saturated heterocycles. The van der Waals surface area contributed by atoms with Gasteiger partial charge < -0.3 is 9.47 Å². The minimum absolute atomic E-state index is 0.205. The Morgan fingerprint density at radius 3 is 2.70 bits per heavy atom. The topological polar surface area (TPSA) is 73.3 Å². The van der Waals surface area contributed by atoms with Gasteiger partial charge in [-0.3, -0.25) is 9.89 Å². The van der Waals surface area contributed by atoms with Gasteiger partial charge in [0.25, 0.3) is 5.56 Å². The Balaban J connectivity index is 2.47. The quantitative estimate of drug-likeness (QED) is 0.601. The van der Waals surface area contributed by atoms with Crippen molar-refractivity contribution in [3.05, 3.63) is 56.8 Å². The maximum Gasteiger partial charge on any atom is 0.332 e. The number of carbonyl (C=O) groups excluding carboxylic acids is 1. The number of carbonyl (C=O) groups is 1. The molecule has 0 bridgehead atoms. The zero-order chi connectivity index (χ0) is 16.7. The highest BCUT2D eigenvalue weighted by Crippen LogP contribution is 1.98. The number of hydrogen-bond acceptors (Lipinski definition) is 4. The first-order chi connectivity index (χ1) is 11.2. The summed E-state index contributed by atoms with van der Waals surface area (Å²) in [5, 5.41) is 3.77. The number of nitrogens with zero attached hydrogens (tertiary/aromatic N) is 1. The molecule has 6 nitrogen and oxygen atoms in total. The van der Waals surface area contributed by atoms with E-state index >= 15 is 0 Å². The number of nitrogens with one attached hydrogen (secondary N) is 1. The first kappa shape index (κ1) is 16.8. The van der Waals surface area contributed by atoms with Gasteiger partial charge >= 0.3 is 5.97 Å². The predicted molar refractivity (Wildman–Crippen MR) is 87.3 cm³/mol. The summed E-state index contributed by atoms with van der Waals surface area (Å²) in [6.07, 6.45) is 2.93. The maximum atomic E-state index is 12.5. The molecule has 0 fully saturated rings. The second kappa shape index (κ2) is 8.14. The molecule has 0 aliphatic carbocycles. The predicted octanol–water partition coefficient (Wildman–Crippen LogP) is -0.00480. The molecule has 6 heteroatoms. The van der Waals surface area contributed by atoms with Gasteiger partial charge in [0.05, 0.1) is 30.8 Å². The van der Waals surface area contributed by atoms with E-state index in [1.165, 1.54) is 17.9 Å². The summed E-state index contributed by atoms with van der Waals surface area (Å²) in [4.78, 5) is 24.0. The fourth-order valence-electron chi connectivity index (χ4n) is 2.14. The number of benzene rings is 1. The number of ether oxygens (including phenoxy) is 2. The molecule has 0 atom stereocenters. The molecule has 0 amide bonds. The molecule has 0 aliphatic heterocycles. The van der Waals surface area contributed by atoms with Crippen LogP contribution in [-0.2, 0) is 20.8 Å². The van der Waals surface area contributed by atoms with Crippen LogP contribution in [0.25, 0.3) is 12.2 Å². The lowest BCUT2D eigenvalue weighted by Gasteiger charge is -2.00. The molecular formula is C17H20N2O4. The minimum atomic E-state index is -0.524. The molecule has 0 saturated carbocycles. The zero-order valence-electron chi connectivity index (χ0n) is 13.2. The summed E-state index contributed by atoms with van der Waals surface area (Å²) < 4.78 is 11.4. The van der Waals surface area contributed by atoms with Crippen LogP contribution >= 0.6 is 0 Å². The van der Waals surface area contributed by atoms with E-state index in [0.717, 1.165) is 5.56 Å². The zero-order valence-corrected chi connectivity index (χ0v) is 13.2. The SMILES string of the molecule is CCOCC=c1c(=CC(=O)OC)[nH]n(Cc2ccccc2)c1=O. The van der Waals surface area contributed by atoms with Crippen LogP contribution in [0, 0.1) is 0 Å². The molecule has 2 aromatic rings. The number of rotatable bonds is 6. The summed E-state index contributed by atoms with van der Waals surface area (Å²) in [5.41, 5.74) is 0.778. The Hall–Kier alpha value is -2.60. The van der Waals surface area contributed by atoms with Gasteiger partial charge in [0.2, 0.25) is 0 Å². The van der Waals surface area contributed by atoms with Crippen LogP contribution < -0.4 is 16.1 Å². The molecule has 0 unspecified atom stereocenters. The number of hydrogen-bond donors (Lipinski definition) is 1. The van der Waals surface area contributed by atoms with Crippen molar-refractivity contribution in [1.29, 1.82) is 0 Å². The Bertz CT molecular complexity index is 819. The third kappa shape index (κ3) is 4.43. The van der Waals surface area contributed by atoms with Crippen LogP contribution in [0.3, 0.4) is 0 Å². The molecule has 23 heavy (non-hydrogen) atoms. The Morgan fingerprint density at radius 1 is 1.30 bits per heavy atom. The second-order valence-corrected chi connectivity index (χ2v) is 4.85. The molecule has 0 aliphatic rings. The van der Waals surface area contributed by atoms with Gasteiger partial charge in [-0.15, -0.1) is 0 Å². The van der Waals surface area contributed by atoms with Crippen molar-refractivity contribution < 1.29 is 14.3 Å². The van der Waals surface area contributed by atoms with E-state index in [1.807, 2.05) is 37.3 Å².